The van der Waals surface area contributed by atoms with Crippen molar-refractivity contribution in [2.24, 2.45) is 0 Å². The normalized spacial score (nSPS) is 14.3. The van der Waals surface area contributed by atoms with Crippen molar-refractivity contribution in [3.63, 3.8) is 0 Å². The molecule has 0 unspecified atom stereocenters. The second kappa shape index (κ2) is 3.27. The molecule has 0 atom stereocenters. The molecule has 0 saturated carbocycles. The standard InChI is InChI=1S/C13H10Se/c1-2-5-11-10(4-1)7-8-13-12(11)6-3-9-14-13/h1-8H,9H2. The fraction of sp³-hybridized carbons (Fsp3) is 0.0769. The molecule has 0 spiro atoms. The average Bonchev–Trinajstić information content (AvgIpc) is 2.29. The predicted octanol–water partition coefficient (Wildman–Crippen LogP) is 2.61. The Bertz CT molecular complexity index is 512. The van der Waals surface area contributed by atoms with Crippen LogP contribution in [0.2, 0.25) is 5.32 Å². The third-order valence-electron chi connectivity index (χ3n) is 2.55. The van der Waals surface area contributed by atoms with E-state index in [1.54, 1.807) is 4.46 Å². The van der Waals surface area contributed by atoms with Crippen molar-refractivity contribution in [2.75, 3.05) is 0 Å². The summed E-state index contributed by atoms with van der Waals surface area (Å²) in [4.78, 5) is 0. The zero-order chi connectivity index (χ0) is 9.38. The van der Waals surface area contributed by atoms with E-state index in [-0.39, 0.29) is 0 Å². The molecule has 1 aliphatic heterocycles. The van der Waals surface area contributed by atoms with Crippen molar-refractivity contribution >= 4 is 36.3 Å². The summed E-state index contributed by atoms with van der Waals surface area (Å²) in [6.45, 7) is 0. The molecule has 0 saturated heterocycles. The van der Waals surface area contributed by atoms with E-state index in [1.165, 1.54) is 21.7 Å². The van der Waals surface area contributed by atoms with Crippen LogP contribution in [0.15, 0.2) is 42.5 Å². The minimum atomic E-state index is 0.647. The molecular formula is C13H10Se. The first-order chi connectivity index (χ1) is 6.95. The quantitative estimate of drug-likeness (QED) is 0.626. The van der Waals surface area contributed by atoms with Crippen LogP contribution >= 0.6 is 0 Å². The zero-order valence-electron chi connectivity index (χ0n) is 7.73. The molecule has 0 aliphatic carbocycles. The van der Waals surface area contributed by atoms with Gasteiger partial charge in [0.15, 0.2) is 0 Å². The molecule has 14 heavy (non-hydrogen) atoms. The van der Waals surface area contributed by atoms with E-state index in [2.05, 4.69) is 48.6 Å². The van der Waals surface area contributed by atoms with Gasteiger partial charge in [-0.1, -0.05) is 0 Å². The van der Waals surface area contributed by atoms with Crippen LogP contribution in [-0.4, -0.2) is 15.0 Å². The van der Waals surface area contributed by atoms with Gasteiger partial charge >= 0.3 is 89.6 Å². The van der Waals surface area contributed by atoms with Crippen LogP contribution in [0.5, 0.6) is 0 Å². The van der Waals surface area contributed by atoms with Gasteiger partial charge in [0.05, 0.1) is 0 Å². The molecule has 0 bridgehead atoms. The summed E-state index contributed by atoms with van der Waals surface area (Å²) >= 11 is 0.647. The molecule has 0 fully saturated rings. The maximum atomic E-state index is 2.30. The van der Waals surface area contributed by atoms with E-state index in [0.29, 0.717) is 15.0 Å². The van der Waals surface area contributed by atoms with E-state index < -0.39 is 0 Å². The van der Waals surface area contributed by atoms with Crippen molar-refractivity contribution in [3.8, 4) is 0 Å². The first kappa shape index (κ1) is 8.28. The van der Waals surface area contributed by atoms with Crippen LogP contribution in [0.3, 0.4) is 0 Å². The SMILES string of the molecule is C1=Cc2c(ccc3ccccc23)[Se]C1. The Morgan fingerprint density at radius 3 is 2.93 bits per heavy atom. The van der Waals surface area contributed by atoms with Gasteiger partial charge in [0.1, 0.15) is 0 Å². The Hall–Kier alpha value is -1.04. The fourth-order valence-corrected chi connectivity index (χ4v) is 3.70. The van der Waals surface area contributed by atoms with Gasteiger partial charge in [-0.15, -0.1) is 0 Å². The van der Waals surface area contributed by atoms with Crippen LogP contribution in [-0.2, 0) is 0 Å². The molecular weight excluding hydrogens is 235 g/mol. The van der Waals surface area contributed by atoms with Gasteiger partial charge in [0.2, 0.25) is 0 Å². The first-order valence-electron chi connectivity index (χ1n) is 4.76. The van der Waals surface area contributed by atoms with Crippen molar-refractivity contribution in [1.29, 1.82) is 0 Å². The van der Waals surface area contributed by atoms with Gasteiger partial charge in [-0.25, -0.2) is 0 Å². The van der Waals surface area contributed by atoms with Gasteiger partial charge in [0.25, 0.3) is 0 Å². The summed E-state index contributed by atoms with van der Waals surface area (Å²) in [5.74, 6) is 0. The van der Waals surface area contributed by atoms with Gasteiger partial charge in [-0.3, -0.25) is 0 Å². The molecule has 0 nitrogen and oxygen atoms in total. The van der Waals surface area contributed by atoms with Gasteiger partial charge in [0, 0.05) is 0 Å². The summed E-state index contributed by atoms with van der Waals surface area (Å²) < 4.78 is 1.55. The molecule has 2 aromatic carbocycles. The summed E-state index contributed by atoms with van der Waals surface area (Å²) in [5.41, 5.74) is 1.45. The molecule has 1 heterocycles. The number of rotatable bonds is 0. The van der Waals surface area contributed by atoms with E-state index in [0.717, 1.165) is 0 Å². The number of fused-ring (bicyclic) bond motifs is 3. The molecule has 68 valence electrons. The number of hydrogen-bond acceptors (Lipinski definition) is 0. The van der Waals surface area contributed by atoms with Gasteiger partial charge in [-0.05, 0) is 0 Å². The maximum absolute atomic E-state index is 2.30. The second-order valence-electron chi connectivity index (χ2n) is 3.41. The Morgan fingerprint density at radius 1 is 1.00 bits per heavy atom. The molecule has 1 aliphatic rings. The predicted molar refractivity (Wildman–Crippen MR) is 63.2 cm³/mol. The number of hydrogen-bond donors (Lipinski definition) is 0. The Morgan fingerprint density at radius 2 is 1.93 bits per heavy atom. The van der Waals surface area contributed by atoms with E-state index in [1.807, 2.05) is 0 Å². The van der Waals surface area contributed by atoms with Crippen molar-refractivity contribution in [3.05, 3.63) is 48.0 Å². The first-order valence-corrected chi connectivity index (χ1v) is 6.83. The molecule has 1 heteroatoms. The molecule has 0 amide bonds. The van der Waals surface area contributed by atoms with Gasteiger partial charge < -0.3 is 0 Å². The van der Waals surface area contributed by atoms with Crippen LogP contribution in [0.4, 0.5) is 0 Å². The van der Waals surface area contributed by atoms with Crippen LogP contribution < -0.4 is 4.46 Å². The molecule has 3 rings (SSSR count). The average molecular weight is 245 g/mol. The minimum absolute atomic E-state index is 0.647. The summed E-state index contributed by atoms with van der Waals surface area (Å²) in [7, 11) is 0. The summed E-state index contributed by atoms with van der Waals surface area (Å²) in [5, 5.41) is 4.01. The van der Waals surface area contributed by atoms with Crippen LogP contribution in [0, 0.1) is 0 Å². The third-order valence-corrected chi connectivity index (χ3v) is 4.70. The Labute approximate surface area is 89.8 Å². The van der Waals surface area contributed by atoms with E-state index >= 15 is 0 Å². The monoisotopic (exact) mass is 246 g/mol. The fourth-order valence-electron chi connectivity index (χ4n) is 1.88. The van der Waals surface area contributed by atoms with E-state index in [9.17, 15) is 0 Å². The molecule has 0 aromatic heterocycles. The third kappa shape index (κ3) is 1.21. The van der Waals surface area contributed by atoms with Crippen LogP contribution in [0.25, 0.3) is 16.8 Å². The molecule has 0 N–H and O–H groups in total. The summed E-state index contributed by atoms with van der Waals surface area (Å²) in [6, 6.07) is 13.2. The topological polar surface area (TPSA) is 0 Å². The van der Waals surface area contributed by atoms with Crippen molar-refractivity contribution < 1.29 is 0 Å². The Kier molecular flexibility index (Phi) is 1.93. The van der Waals surface area contributed by atoms with Gasteiger partial charge in [-0.2, -0.15) is 0 Å². The second-order valence-corrected chi connectivity index (χ2v) is 5.64. The van der Waals surface area contributed by atoms with Crippen molar-refractivity contribution in [1.82, 2.24) is 0 Å². The Balaban J connectivity index is 2.42. The van der Waals surface area contributed by atoms with Crippen molar-refractivity contribution in [2.45, 2.75) is 5.32 Å². The molecule has 0 radical (unpaired) electrons. The summed E-state index contributed by atoms with van der Waals surface area (Å²) in [6.07, 6.45) is 4.58. The van der Waals surface area contributed by atoms with Crippen LogP contribution in [0.1, 0.15) is 5.56 Å². The number of allylic oxidation sites excluding steroid dienone is 1. The van der Waals surface area contributed by atoms with E-state index in [4.69, 9.17) is 0 Å². The zero-order valence-corrected chi connectivity index (χ0v) is 9.45. The number of benzene rings is 2. The molecule has 2 aromatic rings.